The number of aryl methyl sites for hydroxylation is 1. The highest BCUT2D eigenvalue weighted by Crippen LogP contribution is 2.24. The molecule has 1 aromatic heterocycles. The minimum absolute atomic E-state index is 0.678. The van der Waals surface area contributed by atoms with Crippen LogP contribution in [0.5, 0.6) is 0 Å². The van der Waals surface area contributed by atoms with Gasteiger partial charge in [-0.15, -0.1) is 0 Å². The molecule has 0 amide bonds. The number of hydrogen-bond acceptors (Lipinski definition) is 4. The van der Waals surface area contributed by atoms with E-state index >= 15 is 0 Å². The molecular formula is C21H29N3O. The highest BCUT2D eigenvalue weighted by Gasteiger charge is 2.27. The van der Waals surface area contributed by atoms with Crippen LogP contribution in [0.25, 0.3) is 11.5 Å². The van der Waals surface area contributed by atoms with Gasteiger partial charge in [0, 0.05) is 24.7 Å². The number of aromatic nitrogens is 1. The van der Waals surface area contributed by atoms with E-state index in [1.165, 1.54) is 63.8 Å². The van der Waals surface area contributed by atoms with Crippen molar-refractivity contribution in [1.29, 1.82) is 0 Å². The van der Waals surface area contributed by atoms with Crippen molar-refractivity contribution in [2.75, 3.05) is 26.2 Å². The Kier molecular flexibility index (Phi) is 5.18. The molecule has 4 nitrogen and oxygen atoms in total. The Bertz CT molecular complexity index is 673. The van der Waals surface area contributed by atoms with E-state index in [4.69, 9.17) is 9.40 Å². The Morgan fingerprint density at radius 3 is 2.64 bits per heavy atom. The summed E-state index contributed by atoms with van der Waals surface area (Å²) < 4.78 is 5.74. The molecule has 0 aliphatic carbocycles. The van der Waals surface area contributed by atoms with Crippen molar-refractivity contribution in [2.24, 2.45) is 0 Å². The molecule has 2 saturated heterocycles. The Balaban J connectivity index is 1.38. The van der Waals surface area contributed by atoms with Crippen LogP contribution in [0.4, 0.5) is 0 Å². The number of rotatable bonds is 5. The monoisotopic (exact) mass is 339 g/mol. The molecule has 3 heterocycles. The van der Waals surface area contributed by atoms with Gasteiger partial charge in [0.2, 0.25) is 5.89 Å². The third-order valence-corrected chi connectivity index (χ3v) is 5.63. The zero-order valence-corrected chi connectivity index (χ0v) is 15.3. The van der Waals surface area contributed by atoms with Crippen molar-refractivity contribution in [3.05, 3.63) is 41.8 Å². The smallest absolute Gasteiger partial charge is 0.226 e. The molecule has 1 atom stereocenters. The molecule has 1 aromatic carbocycles. The van der Waals surface area contributed by atoms with Gasteiger partial charge in [-0.1, -0.05) is 24.1 Å². The lowest BCUT2D eigenvalue weighted by molar-refractivity contribution is 0.148. The van der Waals surface area contributed by atoms with Crippen molar-refractivity contribution in [3.63, 3.8) is 0 Å². The van der Waals surface area contributed by atoms with Gasteiger partial charge < -0.3 is 9.32 Å². The number of nitrogens with zero attached hydrogens (tertiary/aromatic N) is 3. The van der Waals surface area contributed by atoms with Crippen LogP contribution < -0.4 is 0 Å². The van der Waals surface area contributed by atoms with Crippen LogP contribution in [0.2, 0.25) is 0 Å². The van der Waals surface area contributed by atoms with E-state index in [0.717, 1.165) is 23.7 Å². The SMILES string of the molecule is Cc1ccc(-c2nc(CN3CCCC3CN3CCCCC3)co2)cc1. The minimum atomic E-state index is 0.678. The first-order valence-electron chi connectivity index (χ1n) is 9.76. The minimum Gasteiger partial charge on any atom is -0.444 e. The van der Waals surface area contributed by atoms with Gasteiger partial charge in [0.1, 0.15) is 6.26 Å². The molecule has 134 valence electrons. The van der Waals surface area contributed by atoms with E-state index in [-0.39, 0.29) is 0 Å². The summed E-state index contributed by atoms with van der Waals surface area (Å²) in [7, 11) is 0. The summed E-state index contributed by atoms with van der Waals surface area (Å²) in [5, 5.41) is 0. The Morgan fingerprint density at radius 1 is 1.04 bits per heavy atom. The highest BCUT2D eigenvalue weighted by molar-refractivity contribution is 5.53. The van der Waals surface area contributed by atoms with Crippen molar-refractivity contribution < 1.29 is 4.42 Å². The molecule has 2 aliphatic heterocycles. The maximum atomic E-state index is 5.74. The zero-order chi connectivity index (χ0) is 17.1. The fraction of sp³-hybridized carbons (Fsp3) is 0.571. The van der Waals surface area contributed by atoms with Gasteiger partial charge in [-0.2, -0.15) is 0 Å². The van der Waals surface area contributed by atoms with Crippen LogP contribution in [0, 0.1) is 6.92 Å². The molecule has 2 fully saturated rings. The highest BCUT2D eigenvalue weighted by atomic mass is 16.3. The first-order valence-corrected chi connectivity index (χ1v) is 9.76. The van der Waals surface area contributed by atoms with Crippen molar-refractivity contribution in [3.8, 4) is 11.5 Å². The lowest BCUT2D eigenvalue weighted by Gasteiger charge is -2.32. The number of oxazole rings is 1. The maximum absolute atomic E-state index is 5.74. The molecule has 2 aromatic rings. The molecule has 0 bridgehead atoms. The number of likely N-dealkylation sites (tertiary alicyclic amines) is 2. The van der Waals surface area contributed by atoms with Crippen molar-refractivity contribution in [2.45, 2.75) is 51.6 Å². The topological polar surface area (TPSA) is 32.5 Å². The molecule has 0 N–H and O–H groups in total. The van der Waals surface area contributed by atoms with Gasteiger partial charge in [0.05, 0.1) is 5.69 Å². The number of benzene rings is 1. The maximum Gasteiger partial charge on any atom is 0.226 e. The summed E-state index contributed by atoms with van der Waals surface area (Å²) in [5.74, 6) is 0.738. The summed E-state index contributed by atoms with van der Waals surface area (Å²) in [6.45, 7) is 7.99. The predicted molar refractivity (Wildman–Crippen MR) is 100 cm³/mol. The van der Waals surface area contributed by atoms with Crippen molar-refractivity contribution in [1.82, 2.24) is 14.8 Å². The van der Waals surface area contributed by atoms with Crippen molar-refractivity contribution >= 4 is 0 Å². The lowest BCUT2D eigenvalue weighted by Crippen LogP contribution is -2.42. The average molecular weight is 339 g/mol. The van der Waals surface area contributed by atoms with Crippen LogP contribution in [-0.4, -0.2) is 47.0 Å². The van der Waals surface area contributed by atoms with Gasteiger partial charge in [-0.3, -0.25) is 4.90 Å². The molecule has 0 radical (unpaired) electrons. The second-order valence-corrected chi connectivity index (χ2v) is 7.64. The standard InChI is InChI=1S/C21H29N3O/c1-17-7-9-18(10-8-17)21-22-19(16-25-21)14-24-13-5-6-20(24)15-23-11-3-2-4-12-23/h7-10,16,20H,2-6,11-15H2,1H3. The summed E-state index contributed by atoms with van der Waals surface area (Å²) >= 11 is 0. The fourth-order valence-electron chi connectivity index (χ4n) is 4.17. The van der Waals surface area contributed by atoms with E-state index in [2.05, 4.69) is 41.0 Å². The van der Waals surface area contributed by atoms with E-state index in [9.17, 15) is 0 Å². The summed E-state index contributed by atoms with van der Waals surface area (Å²) in [5.41, 5.74) is 3.37. The first kappa shape index (κ1) is 16.8. The van der Waals surface area contributed by atoms with Crippen LogP contribution >= 0.6 is 0 Å². The number of hydrogen-bond donors (Lipinski definition) is 0. The Labute approximate surface area is 150 Å². The van der Waals surface area contributed by atoms with E-state index in [1.54, 1.807) is 0 Å². The van der Waals surface area contributed by atoms with E-state index in [1.807, 2.05) is 6.26 Å². The third-order valence-electron chi connectivity index (χ3n) is 5.63. The van der Waals surface area contributed by atoms with Crippen LogP contribution in [0.15, 0.2) is 34.9 Å². The quantitative estimate of drug-likeness (QED) is 0.821. The Hall–Kier alpha value is -1.65. The van der Waals surface area contributed by atoms with Crippen LogP contribution in [0.1, 0.15) is 43.4 Å². The van der Waals surface area contributed by atoms with Gasteiger partial charge >= 0.3 is 0 Å². The summed E-state index contributed by atoms with van der Waals surface area (Å²) in [6.07, 6.45) is 8.61. The van der Waals surface area contributed by atoms with Gasteiger partial charge in [0.15, 0.2) is 0 Å². The average Bonchev–Trinajstić information content (AvgIpc) is 3.27. The number of piperidine rings is 1. The second kappa shape index (κ2) is 7.71. The molecular weight excluding hydrogens is 310 g/mol. The zero-order valence-electron chi connectivity index (χ0n) is 15.3. The first-order chi connectivity index (χ1) is 12.3. The largest absolute Gasteiger partial charge is 0.444 e. The molecule has 2 aliphatic rings. The molecule has 0 spiro atoms. The molecule has 4 heteroatoms. The fourth-order valence-corrected chi connectivity index (χ4v) is 4.17. The van der Waals surface area contributed by atoms with Crippen LogP contribution in [-0.2, 0) is 6.54 Å². The van der Waals surface area contributed by atoms with Gasteiger partial charge in [0.25, 0.3) is 0 Å². The third kappa shape index (κ3) is 4.13. The lowest BCUT2D eigenvalue weighted by atomic mass is 10.1. The molecule has 1 unspecified atom stereocenters. The molecule has 4 rings (SSSR count). The van der Waals surface area contributed by atoms with E-state index in [0.29, 0.717) is 6.04 Å². The van der Waals surface area contributed by atoms with Gasteiger partial charge in [-0.25, -0.2) is 4.98 Å². The van der Waals surface area contributed by atoms with Gasteiger partial charge in [-0.05, 0) is 64.4 Å². The molecule has 25 heavy (non-hydrogen) atoms. The van der Waals surface area contributed by atoms with Crippen LogP contribution in [0.3, 0.4) is 0 Å². The van der Waals surface area contributed by atoms with E-state index < -0.39 is 0 Å². The summed E-state index contributed by atoms with van der Waals surface area (Å²) in [4.78, 5) is 10.00. The second-order valence-electron chi connectivity index (χ2n) is 7.64. The Morgan fingerprint density at radius 2 is 1.84 bits per heavy atom. The molecule has 0 saturated carbocycles. The predicted octanol–water partition coefficient (Wildman–Crippen LogP) is 4.10. The normalized spacial score (nSPS) is 22.5. The summed E-state index contributed by atoms with van der Waals surface area (Å²) in [6, 6.07) is 9.06.